The molecule has 20 heavy (non-hydrogen) atoms. The number of carbonyl (C=O) groups is 1. The molecular weight excluding hydrogens is 266 g/mol. The molecule has 0 aliphatic carbocycles. The second kappa shape index (κ2) is 6.62. The molecule has 0 amide bonds. The van der Waals surface area contributed by atoms with E-state index in [-0.39, 0.29) is 5.78 Å². The molecule has 0 aliphatic heterocycles. The Morgan fingerprint density at radius 2 is 1.85 bits per heavy atom. The minimum absolute atomic E-state index is 0.0623. The Morgan fingerprint density at radius 3 is 2.50 bits per heavy atom. The molecular formula is C17H19NOS. The summed E-state index contributed by atoms with van der Waals surface area (Å²) >= 11 is 1.74. The first-order chi connectivity index (χ1) is 9.61. The van der Waals surface area contributed by atoms with Crippen LogP contribution < -0.4 is 5.73 Å². The molecule has 0 aliphatic rings. The van der Waals surface area contributed by atoms with E-state index in [1.165, 1.54) is 0 Å². The molecule has 0 spiro atoms. The van der Waals surface area contributed by atoms with Gasteiger partial charge >= 0.3 is 0 Å². The summed E-state index contributed by atoms with van der Waals surface area (Å²) in [5, 5.41) is 0. The number of aryl methyl sites for hydroxylation is 1. The van der Waals surface area contributed by atoms with E-state index in [1.54, 1.807) is 36.0 Å². The second-order valence-electron chi connectivity index (χ2n) is 4.80. The number of nitrogen functional groups attached to an aromatic ring is 1. The van der Waals surface area contributed by atoms with Gasteiger partial charge in [-0.25, -0.2) is 0 Å². The molecule has 2 nitrogen and oxygen atoms in total. The van der Waals surface area contributed by atoms with E-state index in [2.05, 4.69) is 13.0 Å². The van der Waals surface area contributed by atoms with Crippen LogP contribution in [0.25, 0.3) is 0 Å². The number of hydrogen-bond donors (Lipinski definition) is 1. The van der Waals surface area contributed by atoms with Crippen LogP contribution >= 0.6 is 11.8 Å². The fraction of sp³-hybridized carbons (Fsp3) is 0.235. The Bertz CT molecular complexity index is 605. The van der Waals surface area contributed by atoms with Gasteiger partial charge in [-0.2, -0.15) is 0 Å². The molecule has 2 aromatic carbocycles. The van der Waals surface area contributed by atoms with Crippen LogP contribution in [0.4, 0.5) is 5.69 Å². The number of hydrogen-bond acceptors (Lipinski definition) is 3. The Hall–Kier alpha value is -1.74. The van der Waals surface area contributed by atoms with Gasteiger partial charge in [0.25, 0.3) is 0 Å². The number of thioether (sulfide) groups is 1. The summed E-state index contributed by atoms with van der Waals surface area (Å²) in [6, 6.07) is 13.2. The van der Waals surface area contributed by atoms with Gasteiger partial charge in [0.1, 0.15) is 0 Å². The third-order valence-electron chi connectivity index (χ3n) is 3.01. The number of nitrogens with two attached hydrogens (primary N) is 1. The number of anilines is 1. The first-order valence-corrected chi connectivity index (χ1v) is 7.74. The van der Waals surface area contributed by atoms with E-state index >= 15 is 0 Å². The molecule has 0 saturated carbocycles. The molecule has 2 N–H and O–H groups in total. The molecule has 0 unspecified atom stereocenters. The molecule has 104 valence electrons. The highest BCUT2D eigenvalue weighted by atomic mass is 32.2. The average Bonchev–Trinajstić information content (AvgIpc) is 2.46. The Balaban J connectivity index is 2.37. The van der Waals surface area contributed by atoms with Crippen LogP contribution in [0.3, 0.4) is 0 Å². The van der Waals surface area contributed by atoms with E-state index in [0.29, 0.717) is 11.3 Å². The van der Waals surface area contributed by atoms with Gasteiger partial charge < -0.3 is 5.73 Å². The van der Waals surface area contributed by atoms with E-state index in [0.717, 1.165) is 28.2 Å². The highest BCUT2D eigenvalue weighted by molar-refractivity contribution is 7.99. The van der Waals surface area contributed by atoms with Gasteiger partial charge in [0.15, 0.2) is 5.78 Å². The Labute approximate surface area is 124 Å². The fourth-order valence-electron chi connectivity index (χ4n) is 1.95. The lowest BCUT2D eigenvalue weighted by molar-refractivity contribution is 0.103. The quantitative estimate of drug-likeness (QED) is 0.505. The fourth-order valence-corrected chi connectivity index (χ4v) is 2.84. The van der Waals surface area contributed by atoms with Crippen molar-refractivity contribution in [3.63, 3.8) is 0 Å². The van der Waals surface area contributed by atoms with Crippen LogP contribution in [0.2, 0.25) is 0 Å². The number of carbonyl (C=O) groups excluding carboxylic acids is 1. The smallest absolute Gasteiger partial charge is 0.194 e. The van der Waals surface area contributed by atoms with Crippen molar-refractivity contribution >= 4 is 23.2 Å². The molecule has 2 rings (SSSR count). The topological polar surface area (TPSA) is 43.1 Å². The average molecular weight is 285 g/mol. The summed E-state index contributed by atoms with van der Waals surface area (Å²) in [6.45, 7) is 4.15. The van der Waals surface area contributed by atoms with Gasteiger partial charge in [0, 0.05) is 21.7 Å². The normalized spacial score (nSPS) is 10.5. The van der Waals surface area contributed by atoms with Crippen molar-refractivity contribution < 1.29 is 4.79 Å². The van der Waals surface area contributed by atoms with E-state index in [9.17, 15) is 4.79 Å². The monoisotopic (exact) mass is 285 g/mol. The Morgan fingerprint density at radius 1 is 1.15 bits per heavy atom. The highest BCUT2D eigenvalue weighted by Gasteiger charge is 2.14. The molecule has 0 fully saturated rings. The summed E-state index contributed by atoms with van der Waals surface area (Å²) in [6.07, 6.45) is 1.09. The lowest BCUT2D eigenvalue weighted by Crippen LogP contribution is -2.04. The zero-order valence-corrected chi connectivity index (χ0v) is 12.7. The second-order valence-corrected chi connectivity index (χ2v) is 5.94. The maximum atomic E-state index is 12.6. The zero-order valence-electron chi connectivity index (χ0n) is 11.8. The predicted molar refractivity (Wildman–Crippen MR) is 86.5 cm³/mol. The van der Waals surface area contributed by atoms with Crippen molar-refractivity contribution in [3.05, 3.63) is 59.2 Å². The van der Waals surface area contributed by atoms with Gasteiger partial charge in [-0.3, -0.25) is 4.79 Å². The van der Waals surface area contributed by atoms with Crippen molar-refractivity contribution in [2.24, 2.45) is 0 Å². The largest absolute Gasteiger partial charge is 0.399 e. The van der Waals surface area contributed by atoms with Gasteiger partial charge in [-0.1, -0.05) is 18.6 Å². The van der Waals surface area contributed by atoms with E-state index in [4.69, 9.17) is 5.73 Å². The molecule has 0 saturated heterocycles. The lowest BCUT2D eigenvalue weighted by atomic mass is 10.0. The molecule has 2 aromatic rings. The third kappa shape index (κ3) is 3.42. The Kier molecular flexibility index (Phi) is 4.85. The summed E-state index contributed by atoms with van der Waals surface area (Å²) in [5.41, 5.74) is 8.91. The summed E-state index contributed by atoms with van der Waals surface area (Å²) in [4.78, 5) is 13.7. The van der Waals surface area contributed by atoms with Gasteiger partial charge in [-0.05, 0) is 55.5 Å². The summed E-state index contributed by atoms with van der Waals surface area (Å²) in [5.74, 6) is 1.08. The van der Waals surface area contributed by atoms with E-state index < -0.39 is 0 Å². The third-order valence-corrected chi connectivity index (χ3v) is 4.29. The van der Waals surface area contributed by atoms with Crippen molar-refractivity contribution in [3.8, 4) is 0 Å². The van der Waals surface area contributed by atoms with Crippen LogP contribution in [0.5, 0.6) is 0 Å². The molecule has 0 bridgehead atoms. The molecule has 0 radical (unpaired) electrons. The number of benzene rings is 2. The van der Waals surface area contributed by atoms with Crippen LogP contribution in [0.1, 0.15) is 34.8 Å². The first-order valence-electron chi connectivity index (χ1n) is 6.75. The lowest BCUT2D eigenvalue weighted by Gasteiger charge is -2.09. The van der Waals surface area contributed by atoms with Crippen LogP contribution in [0, 0.1) is 6.92 Å². The van der Waals surface area contributed by atoms with Crippen molar-refractivity contribution in [2.45, 2.75) is 25.2 Å². The minimum Gasteiger partial charge on any atom is -0.399 e. The SMILES string of the molecule is CCCSc1ccc(C)cc1C(=O)c1ccc(N)cc1. The molecule has 0 atom stereocenters. The van der Waals surface area contributed by atoms with Crippen LogP contribution in [-0.4, -0.2) is 11.5 Å². The molecule has 3 heteroatoms. The molecule has 0 heterocycles. The van der Waals surface area contributed by atoms with Crippen molar-refractivity contribution in [1.82, 2.24) is 0 Å². The highest BCUT2D eigenvalue weighted by Crippen LogP contribution is 2.26. The maximum absolute atomic E-state index is 12.6. The van der Waals surface area contributed by atoms with Gasteiger partial charge in [-0.15, -0.1) is 11.8 Å². The van der Waals surface area contributed by atoms with Crippen LogP contribution in [-0.2, 0) is 0 Å². The summed E-state index contributed by atoms with van der Waals surface area (Å²) < 4.78 is 0. The summed E-state index contributed by atoms with van der Waals surface area (Å²) in [7, 11) is 0. The predicted octanol–water partition coefficient (Wildman–Crippen LogP) is 4.31. The standard InChI is InChI=1S/C17H19NOS/c1-3-10-20-16-9-4-12(2)11-15(16)17(19)13-5-7-14(18)8-6-13/h4-9,11H,3,10,18H2,1-2H3. The van der Waals surface area contributed by atoms with Crippen LogP contribution in [0.15, 0.2) is 47.4 Å². The minimum atomic E-state index is 0.0623. The van der Waals surface area contributed by atoms with Gasteiger partial charge in [0.2, 0.25) is 0 Å². The number of ketones is 1. The maximum Gasteiger partial charge on any atom is 0.194 e. The van der Waals surface area contributed by atoms with E-state index in [1.807, 2.05) is 19.1 Å². The first kappa shape index (κ1) is 14.7. The number of rotatable bonds is 5. The molecule has 0 aromatic heterocycles. The van der Waals surface area contributed by atoms with Crippen molar-refractivity contribution in [1.29, 1.82) is 0 Å². The zero-order chi connectivity index (χ0) is 14.5. The van der Waals surface area contributed by atoms with Gasteiger partial charge in [0.05, 0.1) is 0 Å². The van der Waals surface area contributed by atoms with Crippen molar-refractivity contribution in [2.75, 3.05) is 11.5 Å².